The smallest absolute Gasteiger partial charge is 0.332 e. The van der Waals surface area contributed by atoms with E-state index in [0.717, 1.165) is 17.3 Å². The third-order valence-electron chi connectivity index (χ3n) is 7.44. The Morgan fingerprint density at radius 2 is 1.48 bits per heavy atom. The molecule has 3 heterocycles. The molecule has 2 saturated heterocycles. The second-order valence-electron chi connectivity index (χ2n) is 10.0. The molecule has 8 nitrogen and oxygen atoms in total. The number of benzene rings is 3. The maximum Gasteiger partial charge on any atom is 0.332 e. The summed E-state index contributed by atoms with van der Waals surface area (Å²) < 4.78 is 4.30. The molecule has 0 radical (unpaired) electrons. The van der Waals surface area contributed by atoms with E-state index in [1.807, 2.05) is 91.0 Å². The van der Waals surface area contributed by atoms with E-state index in [9.17, 15) is 24.3 Å². The van der Waals surface area contributed by atoms with Crippen molar-refractivity contribution in [2.24, 2.45) is 0 Å². The number of carboxylic acids is 1. The Balaban J connectivity index is 1.33. The molecule has 1 unspecified atom stereocenters. The van der Waals surface area contributed by atoms with Crippen LogP contribution in [0.4, 0.5) is 0 Å². The first-order chi connectivity index (χ1) is 20.4. The molecule has 0 saturated carbocycles. The molecule has 2 amide bonds. The van der Waals surface area contributed by atoms with E-state index in [-0.39, 0.29) is 12.3 Å². The number of hydrogen-bond acceptors (Lipinski definition) is 7. The Bertz CT molecular complexity index is 1560. The third kappa shape index (κ3) is 4.86. The van der Waals surface area contributed by atoms with Gasteiger partial charge >= 0.3 is 11.9 Å². The molecule has 2 aliphatic heterocycles. The molecule has 4 aromatic rings. The minimum atomic E-state index is -1.82. The number of ether oxygens (including phenoxy) is 1. The van der Waals surface area contributed by atoms with Gasteiger partial charge in [0.05, 0.1) is 6.42 Å². The molecule has 6 rings (SSSR count). The van der Waals surface area contributed by atoms with Gasteiger partial charge in [-0.25, -0.2) is 4.79 Å². The van der Waals surface area contributed by atoms with E-state index in [2.05, 4.69) is 5.32 Å². The monoisotopic (exact) mass is 598 g/mol. The molecule has 212 valence electrons. The van der Waals surface area contributed by atoms with E-state index < -0.39 is 46.2 Å². The van der Waals surface area contributed by atoms with Crippen LogP contribution in [-0.4, -0.2) is 51.2 Å². The van der Waals surface area contributed by atoms with Crippen LogP contribution in [0.3, 0.4) is 0 Å². The van der Waals surface area contributed by atoms with E-state index >= 15 is 0 Å². The Hall–Kier alpha value is -4.41. The predicted octanol–water partition coefficient (Wildman–Crippen LogP) is 4.37. The SMILES string of the molecule is O=C(Cc1ccccc1)N[C@@H]1C(=O)N2[C@@H]1SC(C(=O)O)(c1cccs1)[C@@H]2C(=O)OC(c1ccccc1)c1ccccc1. The molecule has 2 aliphatic rings. The summed E-state index contributed by atoms with van der Waals surface area (Å²) in [7, 11) is 0. The summed E-state index contributed by atoms with van der Waals surface area (Å²) in [5, 5.41) is 14.4. The van der Waals surface area contributed by atoms with Crippen LogP contribution in [0, 0.1) is 0 Å². The standard InChI is InChI=1S/C32H26N2O6S2/c35-24(19-20-11-4-1-5-12-20)33-25-28(36)34-27(32(31(38)39,42-29(25)34)23-17-10-18-41-23)30(37)40-26(21-13-6-2-7-14-21)22-15-8-3-9-16-22/h1-18,25-27,29H,19H2,(H,33,35)(H,38,39)/t25-,27+,29-,32?/m1/s1. The van der Waals surface area contributed by atoms with E-state index in [0.29, 0.717) is 16.0 Å². The highest BCUT2D eigenvalue weighted by molar-refractivity contribution is 8.02. The number of carboxylic acid groups (broad SMARTS) is 1. The fourth-order valence-corrected chi connectivity index (χ4v) is 8.26. The molecule has 0 spiro atoms. The van der Waals surface area contributed by atoms with Gasteiger partial charge in [-0.2, -0.15) is 0 Å². The molecule has 4 atom stereocenters. The summed E-state index contributed by atoms with van der Waals surface area (Å²) in [6.07, 6.45) is -0.755. The number of esters is 1. The highest BCUT2D eigenvalue weighted by Gasteiger charge is 2.71. The zero-order chi connectivity index (χ0) is 29.3. The maximum absolute atomic E-state index is 14.1. The molecule has 42 heavy (non-hydrogen) atoms. The number of β-lactam (4-membered cyclic amide) rings is 1. The van der Waals surface area contributed by atoms with Crippen molar-refractivity contribution in [3.63, 3.8) is 0 Å². The Morgan fingerprint density at radius 3 is 2.02 bits per heavy atom. The number of rotatable bonds is 9. The second kappa shape index (κ2) is 11.5. The lowest BCUT2D eigenvalue weighted by Gasteiger charge is -2.44. The Labute approximate surface area is 250 Å². The molecule has 1 aromatic heterocycles. The average molecular weight is 599 g/mol. The van der Waals surface area contributed by atoms with Gasteiger partial charge in [0.2, 0.25) is 11.8 Å². The van der Waals surface area contributed by atoms with Crippen LogP contribution >= 0.6 is 23.1 Å². The molecule has 2 N–H and O–H groups in total. The number of carbonyl (C=O) groups excluding carboxylic acids is 3. The van der Waals surface area contributed by atoms with Crippen LogP contribution in [0.5, 0.6) is 0 Å². The molecule has 0 aliphatic carbocycles. The zero-order valence-corrected chi connectivity index (χ0v) is 23.8. The van der Waals surface area contributed by atoms with Gasteiger partial charge in [-0.05, 0) is 28.1 Å². The first-order valence-electron chi connectivity index (χ1n) is 13.3. The van der Waals surface area contributed by atoms with Crippen LogP contribution in [0.1, 0.15) is 27.7 Å². The number of thiophene rings is 1. The fourth-order valence-electron chi connectivity index (χ4n) is 5.47. The average Bonchev–Trinajstić information content (AvgIpc) is 3.66. The molecule has 3 aromatic carbocycles. The summed E-state index contributed by atoms with van der Waals surface area (Å²) in [5.74, 6) is -2.98. The molecule has 2 fully saturated rings. The number of thioether (sulfide) groups is 1. The lowest BCUT2D eigenvalue weighted by Crippen LogP contribution is -2.71. The largest absolute Gasteiger partial charge is 0.480 e. The van der Waals surface area contributed by atoms with Gasteiger partial charge in [0.1, 0.15) is 11.4 Å². The van der Waals surface area contributed by atoms with Gasteiger partial charge in [-0.15, -0.1) is 23.1 Å². The van der Waals surface area contributed by atoms with Crippen LogP contribution in [0.15, 0.2) is 109 Å². The van der Waals surface area contributed by atoms with Gasteiger partial charge in [0.15, 0.2) is 16.9 Å². The van der Waals surface area contributed by atoms with Crippen LogP contribution < -0.4 is 5.32 Å². The first-order valence-corrected chi connectivity index (χ1v) is 15.1. The lowest BCUT2D eigenvalue weighted by atomic mass is 9.91. The van der Waals surface area contributed by atoms with Crippen molar-refractivity contribution in [1.29, 1.82) is 0 Å². The van der Waals surface area contributed by atoms with Crippen LogP contribution in [0.25, 0.3) is 0 Å². The third-order valence-corrected chi connectivity index (χ3v) is 10.3. The van der Waals surface area contributed by atoms with Crippen molar-refractivity contribution in [2.45, 2.75) is 34.7 Å². The molecular formula is C32H26N2O6S2. The van der Waals surface area contributed by atoms with E-state index in [1.165, 1.54) is 16.2 Å². The molecule has 10 heteroatoms. The van der Waals surface area contributed by atoms with Gasteiger partial charge < -0.3 is 20.1 Å². The second-order valence-corrected chi connectivity index (χ2v) is 12.3. The van der Waals surface area contributed by atoms with Crippen molar-refractivity contribution >= 4 is 46.9 Å². The Kier molecular flexibility index (Phi) is 7.57. The number of amides is 2. The number of carbonyl (C=O) groups is 4. The summed E-state index contributed by atoms with van der Waals surface area (Å²) in [6.45, 7) is 0. The number of aliphatic carboxylic acids is 1. The normalized spacial score (nSPS) is 22.7. The van der Waals surface area contributed by atoms with Gasteiger partial charge in [0.25, 0.3) is 0 Å². The van der Waals surface area contributed by atoms with Crippen molar-refractivity contribution in [3.8, 4) is 0 Å². The van der Waals surface area contributed by atoms with Crippen molar-refractivity contribution in [1.82, 2.24) is 10.2 Å². The molecule has 0 bridgehead atoms. The topological polar surface area (TPSA) is 113 Å². The van der Waals surface area contributed by atoms with Gasteiger partial charge in [0, 0.05) is 4.88 Å². The highest BCUT2D eigenvalue weighted by Crippen LogP contribution is 2.58. The summed E-state index contributed by atoms with van der Waals surface area (Å²) >= 11 is 2.18. The minimum absolute atomic E-state index is 0.0678. The van der Waals surface area contributed by atoms with Crippen molar-refractivity contribution < 1.29 is 29.0 Å². The van der Waals surface area contributed by atoms with Gasteiger partial charge in [-0.3, -0.25) is 14.4 Å². The van der Waals surface area contributed by atoms with E-state index in [1.54, 1.807) is 17.5 Å². The number of nitrogens with one attached hydrogen (secondary N) is 1. The predicted molar refractivity (Wildman–Crippen MR) is 159 cm³/mol. The lowest BCUT2D eigenvalue weighted by molar-refractivity contribution is -0.170. The quantitative estimate of drug-likeness (QED) is 0.217. The van der Waals surface area contributed by atoms with Crippen LogP contribution in [0.2, 0.25) is 0 Å². The van der Waals surface area contributed by atoms with Crippen molar-refractivity contribution in [3.05, 3.63) is 130 Å². The summed E-state index contributed by atoms with van der Waals surface area (Å²) in [6, 6.07) is 28.4. The zero-order valence-electron chi connectivity index (χ0n) is 22.2. The highest BCUT2D eigenvalue weighted by atomic mass is 32.2. The van der Waals surface area contributed by atoms with E-state index in [4.69, 9.17) is 4.74 Å². The maximum atomic E-state index is 14.1. The number of fused-ring (bicyclic) bond motifs is 1. The summed E-state index contributed by atoms with van der Waals surface area (Å²) in [4.78, 5) is 55.3. The number of nitrogens with zero attached hydrogens (tertiary/aromatic N) is 1. The van der Waals surface area contributed by atoms with Crippen LogP contribution in [-0.2, 0) is 35.1 Å². The fraction of sp³-hybridized carbons (Fsp3) is 0.188. The van der Waals surface area contributed by atoms with Crippen molar-refractivity contribution in [2.75, 3.05) is 0 Å². The van der Waals surface area contributed by atoms with Gasteiger partial charge in [-0.1, -0.05) is 97.1 Å². The summed E-state index contributed by atoms with van der Waals surface area (Å²) in [5.41, 5.74) is 2.19. The Morgan fingerprint density at radius 1 is 0.881 bits per heavy atom. The first kappa shape index (κ1) is 27.7. The minimum Gasteiger partial charge on any atom is -0.480 e. The number of hydrogen-bond donors (Lipinski definition) is 2. The molecular weight excluding hydrogens is 572 g/mol.